The van der Waals surface area contributed by atoms with Crippen LogP contribution >= 0.6 is 11.6 Å². The fourth-order valence-corrected chi connectivity index (χ4v) is 2.24. The van der Waals surface area contributed by atoms with Crippen molar-refractivity contribution in [1.29, 1.82) is 0 Å². The Morgan fingerprint density at radius 2 is 2.29 bits per heavy atom. The minimum Gasteiger partial charge on any atom is -0.467 e. The van der Waals surface area contributed by atoms with Gasteiger partial charge in [0, 0.05) is 19.1 Å². The van der Waals surface area contributed by atoms with Gasteiger partial charge >= 0.3 is 6.01 Å². The standard InChI is InChI=1S/C10H16ClN5O/c1-12-6-7-4-3-5-16(7)9-13-8(11)14-10(15-9)17-2/h7,12H,3-6H2,1-2H3. The highest BCUT2D eigenvalue weighted by Crippen LogP contribution is 2.23. The number of rotatable bonds is 4. The fourth-order valence-electron chi connectivity index (χ4n) is 2.09. The first-order chi connectivity index (χ1) is 8.24. The zero-order valence-corrected chi connectivity index (χ0v) is 10.7. The number of anilines is 1. The summed E-state index contributed by atoms with van der Waals surface area (Å²) in [4.78, 5) is 14.4. The van der Waals surface area contributed by atoms with E-state index in [0.29, 0.717) is 12.0 Å². The number of nitrogens with zero attached hydrogens (tertiary/aromatic N) is 4. The highest BCUT2D eigenvalue weighted by Gasteiger charge is 2.26. The molecular weight excluding hydrogens is 242 g/mol. The molecule has 0 bridgehead atoms. The minimum atomic E-state index is 0.168. The number of aromatic nitrogens is 3. The van der Waals surface area contributed by atoms with Crippen LogP contribution in [-0.2, 0) is 0 Å². The lowest BCUT2D eigenvalue weighted by atomic mass is 10.2. The number of nitrogens with one attached hydrogen (secondary N) is 1. The number of ether oxygens (including phenoxy) is 1. The maximum Gasteiger partial charge on any atom is 0.322 e. The van der Waals surface area contributed by atoms with Gasteiger partial charge in [-0.25, -0.2) is 0 Å². The van der Waals surface area contributed by atoms with Gasteiger partial charge in [0.25, 0.3) is 0 Å². The van der Waals surface area contributed by atoms with Gasteiger partial charge in [0.2, 0.25) is 11.2 Å². The van der Waals surface area contributed by atoms with Crippen molar-refractivity contribution in [2.24, 2.45) is 0 Å². The van der Waals surface area contributed by atoms with E-state index < -0.39 is 0 Å². The maximum atomic E-state index is 5.85. The van der Waals surface area contributed by atoms with Crippen LogP contribution in [0.3, 0.4) is 0 Å². The molecule has 2 heterocycles. The molecule has 0 saturated carbocycles. The monoisotopic (exact) mass is 257 g/mol. The van der Waals surface area contributed by atoms with Crippen LogP contribution in [0, 0.1) is 0 Å². The van der Waals surface area contributed by atoms with Gasteiger partial charge < -0.3 is 15.0 Å². The summed E-state index contributed by atoms with van der Waals surface area (Å²) in [7, 11) is 3.46. The van der Waals surface area contributed by atoms with Crippen LogP contribution in [0.25, 0.3) is 0 Å². The molecule has 6 nitrogen and oxygen atoms in total. The number of likely N-dealkylation sites (N-methyl/N-ethyl adjacent to an activating group) is 1. The first-order valence-electron chi connectivity index (χ1n) is 5.61. The molecule has 1 atom stereocenters. The molecule has 7 heteroatoms. The van der Waals surface area contributed by atoms with Crippen molar-refractivity contribution in [3.8, 4) is 6.01 Å². The molecule has 1 saturated heterocycles. The van der Waals surface area contributed by atoms with Crippen LogP contribution in [-0.4, -0.2) is 48.2 Å². The zero-order chi connectivity index (χ0) is 12.3. The summed E-state index contributed by atoms with van der Waals surface area (Å²) in [6.07, 6.45) is 2.27. The smallest absolute Gasteiger partial charge is 0.322 e. The van der Waals surface area contributed by atoms with E-state index in [4.69, 9.17) is 16.3 Å². The molecule has 1 aromatic rings. The third-order valence-electron chi connectivity index (χ3n) is 2.83. The van der Waals surface area contributed by atoms with Gasteiger partial charge in [0.15, 0.2) is 0 Å². The van der Waals surface area contributed by atoms with E-state index in [-0.39, 0.29) is 11.3 Å². The van der Waals surface area contributed by atoms with Crippen molar-refractivity contribution in [3.63, 3.8) is 0 Å². The van der Waals surface area contributed by atoms with Gasteiger partial charge in [-0.1, -0.05) is 0 Å². The van der Waals surface area contributed by atoms with Gasteiger partial charge in [0.1, 0.15) is 0 Å². The van der Waals surface area contributed by atoms with Crippen molar-refractivity contribution in [2.45, 2.75) is 18.9 Å². The first-order valence-corrected chi connectivity index (χ1v) is 5.99. The van der Waals surface area contributed by atoms with E-state index >= 15 is 0 Å². The van der Waals surface area contributed by atoms with E-state index in [2.05, 4.69) is 25.2 Å². The van der Waals surface area contributed by atoms with E-state index in [0.717, 1.165) is 25.9 Å². The predicted molar refractivity (Wildman–Crippen MR) is 65.7 cm³/mol. The Kier molecular flexibility index (Phi) is 3.96. The van der Waals surface area contributed by atoms with Crippen LogP contribution in [0.4, 0.5) is 5.95 Å². The summed E-state index contributed by atoms with van der Waals surface area (Å²) in [5, 5.41) is 3.34. The molecule has 1 aliphatic heterocycles. The Hall–Kier alpha value is -1.14. The molecule has 17 heavy (non-hydrogen) atoms. The van der Waals surface area contributed by atoms with Crippen molar-refractivity contribution >= 4 is 17.5 Å². The fraction of sp³-hybridized carbons (Fsp3) is 0.700. The van der Waals surface area contributed by atoms with Gasteiger partial charge in [-0.2, -0.15) is 15.0 Å². The molecule has 1 N–H and O–H groups in total. The van der Waals surface area contributed by atoms with Crippen LogP contribution in [0.15, 0.2) is 0 Å². The Morgan fingerprint density at radius 3 is 3.00 bits per heavy atom. The molecule has 1 aromatic heterocycles. The van der Waals surface area contributed by atoms with Gasteiger partial charge in [-0.15, -0.1) is 0 Å². The first kappa shape index (κ1) is 12.3. The van der Waals surface area contributed by atoms with Crippen molar-refractivity contribution < 1.29 is 4.74 Å². The van der Waals surface area contributed by atoms with E-state index in [1.54, 1.807) is 0 Å². The van der Waals surface area contributed by atoms with Gasteiger partial charge in [-0.3, -0.25) is 0 Å². The molecule has 0 radical (unpaired) electrons. The summed E-state index contributed by atoms with van der Waals surface area (Å²) < 4.78 is 5.00. The SMILES string of the molecule is CNCC1CCCN1c1nc(Cl)nc(OC)n1. The number of hydrogen-bond donors (Lipinski definition) is 1. The topological polar surface area (TPSA) is 63.2 Å². The molecule has 0 spiro atoms. The summed E-state index contributed by atoms with van der Waals surface area (Å²) in [5.41, 5.74) is 0. The molecule has 2 rings (SSSR count). The highest BCUT2D eigenvalue weighted by atomic mass is 35.5. The van der Waals surface area contributed by atoms with E-state index in [9.17, 15) is 0 Å². The van der Waals surface area contributed by atoms with Gasteiger partial charge in [0.05, 0.1) is 7.11 Å². The summed E-state index contributed by atoms with van der Waals surface area (Å²) in [6, 6.07) is 0.665. The second-order valence-corrected chi connectivity index (χ2v) is 4.28. The molecule has 0 aromatic carbocycles. The van der Waals surface area contributed by atoms with E-state index in [1.807, 2.05) is 7.05 Å². The Labute approximate surface area is 105 Å². The normalized spacial score (nSPS) is 19.7. The second-order valence-electron chi connectivity index (χ2n) is 3.94. The minimum absolute atomic E-state index is 0.168. The average molecular weight is 258 g/mol. The molecule has 0 aliphatic carbocycles. The van der Waals surface area contributed by atoms with Gasteiger partial charge in [-0.05, 0) is 31.5 Å². The van der Waals surface area contributed by atoms with Crippen molar-refractivity contribution in [3.05, 3.63) is 5.28 Å². The summed E-state index contributed by atoms with van der Waals surface area (Å²) in [6.45, 7) is 1.85. The molecule has 1 fully saturated rings. The zero-order valence-electron chi connectivity index (χ0n) is 9.98. The number of methoxy groups -OCH3 is 1. The van der Waals surface area contributed by atoms with Crippen LogP contribution in [0.5, 0.6) is 6.01 Å². The highest BCUT2D eigenvalue weighted by molar-refractivity contribution is 6.28. The largest absolute Gasteiger partial charge is 0.467 e. The summed E-state index contributed by atoms with van der Waals surface area (Å²) >= 11 is 5.85. The quantitative estimate of drug-likeness (QED) is 0.858. The Balaban J connectivity index is 2.23. The van der Waals surface area contributed by atoms with E-state index in [1.165, 1.54) is 7.11 Å². The lowest BCUT2D eigenvalue weighted by molar-refractivity contribution is 0.377. The van der Waals surface area contributed by atoms with Crippen LogP contribution < -0.4 is 15.0 Å². The number of halogens is 1. The maximum absolute atomic E-state index is 5.85. The molecule has 1 unspecified atom stereocenters. The third kappa shape index (κ3) is 2.76. The van der Waals surface area contributed by atoms with Crippen molar-refractivity contribution in [1.82, 2.24) is 20.3 Å². The average Bonchev–Trinajstić information content (AvgIpc) is 2.77. The van der Waals surface area contributed by atoms with Crippen LogP contribution in [0.1, 0.15) is 12.8 Å². The molecular formula is C10H16ClN5O. The second kappa shape index (κ2) is 5.46. The van der Waals surface area contributed by atoms with Crippen LogP contribution in [0.2, 0.25) is 5.28 Å². The Bertz CT molecular complexity index is 389. The predicted octanol–water partition coefficient (Wildman–Crippen LogP) is 0.722. The number of hydrogen-bond acceptors (Lipinski definition) is 6. The lowest BCUT2D eigenvalue weighted by Gasteiger charge is -2.24. The Morgan fingerprint density at radius 1 is 1.47 bits per heavy atom. The molecule has 0 amide bonds. The van der Waals surface area contributed by atoms with Crippen molar-refractivity contribution in [2.75, 3.05) is 32.1 Å². The lowest BCUT2D eigenvalue weighted by Crippen LogP contribution is -2.37. The molecule has 1 aliphatic rings. The third-order valence-corrected chi connectivity index (χ3v) is 3.00. The summed E-state index contributed by atoms with van der Waals surface area (Å²) in [5.74, 6) is 0.597. The molecule has 94 valence electrons.